The summed E-state index contributed by atoms with van der Waals surface area (Å²) < 4.78 is 11.7. The Morgan fingerprint density at radius 3 is 2.71 bits per heavy atom. The number of allylic oxidation sites excluding steroid dienone is 2. The minimum Gasteiger partial charge on any atom is -0.471 e. The number of nitrogens with two attached hydrogens (primary N) is 1. The molecule has 0 unspecified atom stereocenters. The van der Waals surface area contributed by atoms with Gasteiger partial charge in [0.2, 0.25) is 0 Å². The van der Waals surface area contributed by atoms with Crippen molar-refractivity contribution in [2.75, 3.05) is 6.61 Å². The van der Waals surface area contributed by atoms with Gasteiger partial charge in [0.25, 0.3) is 0 Å². The Morgan fingerprint density at radius 2 is 2.10 bits per heavy atom. The van der Waals surface area contributed by atoms with E-state index in [4.69, 9.17) is 26.8 Å². The minimum atomic E-state index is -0.674. The van der Waals surface area contributed by atoms with Gasteiger partial charge in [0, 0.05) is 12.8 Å². The van der Waals surface area contributed by atoms with Crippen LogP contribution >= 0.6 is 11.6 Å². The maximum absolute atomic E-state index is 6.20. The Bertz CT molecular complexity index is 533. The first-order chi connectivity index (χ1) is 10.1. The third-order valence-electron chi connectivity index (χ3n) is 3.53. The predicted molar refractivity (Wildman–Crippen MR) is 86.5 cm³/mol. The number of rotatable bonds is 6. The summed E-state index contributed by atoms with van der Waals surface area (Å²) in [5.74, 6) is 0.628. The van der Waals surface area contributed by atoms with Crippen molar-refractivity contribution in [3.8, 4) is 5.75 Å². The van der Waals surface area contributed by atoms with Crippen LogP contribution in [0.1, 0.15) is 26.7 Å². The average Bonchev–Trinajstić information content (AvgIpc) is 2.43. The highest BCUT2D eigenvalue weighted by atomic mass is 35.5. The predicted octanol–water partition coefficient (Wildman–Crippen LogP) is 4.08. The molecule has 0 atom stereocenters. The van der Waals surface area contributed by atoms with Crippen LogP contribution in [0.15, 0.2) is 48.1 Å². The zero-order chi connectivity index (χ0) is 15.3. The van der Waals surface area contributed by atoms with Gasteiger partial charge in [-0.15, -0.1) is 0 Å². The molecule has 4 heteroatoms. The number of ether oxygens (including phenoxy) is 2. The second kappa shape index (κ2) is 7.12. The topological polar surface area (TPSA) is 44.5 Å². The molecule has 2 N–H and O–H groups in total. The standard InChI is InChI=1S/C17H22ClNO2/c1-3-7-13(4-2)12-20-14-10-17(19,11-14)21-16-9-6-5-8-15(16)18/h3-9,14H,10-12,19H2,1-2H3/b7-3-,13-4+. The molecule has 3 nitrogen and oxygen atoms in total. The van der Waals surface area contributed by atoms with Gasteiger partial charge in [-0.05, 0) is 31.6 Å². The van der Waals surface area contributed by atoms with Crippen molar-refractivity contribution in [3.63, 3.8) is 0 Å². The van der Waals surface area contributed by atoms with Crippen LogP contribution in [0.2, 0.25) is 5.02 Å². The van der Waals surface area contributed by atoms with Gasteiger partial charge >= 0.3 is 0 Å². The fourth-order valence-electron chi connectivity index (χ4n) is 2.31. The van der Waals surface area contributed by atoms with Crippen LogP contribution in [0.5, 0.6) is 5.75 Å². The molecule has 0 bridgehead atoms. The maximum Gasteiger partial charge on any atom is 0.163 e. The van der Waals surface area contributed by atoms with Crippen LogP contribution in [-0.2, 0) is 4.74 Å². The molecule has 0 aromatic heterocycles. The third kappa shape index (κ3) is 4.34. The van der Waals surface area contributed by atoms with E-state index in [2.05, 4.69) is 12.2 Å². The van der Waals surface area contributed by atoms with Gasteiger partial charge in [0.1, 0.15) is 5.75 Å². The molecule has 0 amide bonds. The van der Waals surface area contributed by atoms with Gasteiger partial charge < -0.3 is 9.47 Å². The van der Waals surface area contributed by atoms with Gasteiger partial charge in [-0.2, -0.15) is 0 Å². The van der Waals surface area contributed by atoms with Crippen molar-refractivity contribution >= 4 is 11.6 Å². The second-order valence-electron chi connectivity index (χ2n) is 5.30. The van der Waals surface area contributed by atoms with Crippen LogP contribution in [0.3, 0.4) is 0 Å². The Morgan fingerprint density at radius 1 is 1.38 bits per heavy atom. The molecule has 114 valence electrons. The summed E-state index contributed by atoms with van der Waals surface area (Å²) in [6.07, 6.45) is 7.59. The average molecular weight is 308 g/mol. The van der Waals surface area contributed by atoms with E-state index < -0.39 is 5.72 Å². The van der Waals surface area contributed by atoms with E-state index in [0.717, 1.165) is 0 Å². The minimum absolute atomic E-state index is 0.137. The molecule has 0 saturated heterocycles. The van der Waals surface area contributed by atoms with Gasteiger partial charge in [-0.1, -0.05) is 42.0 Å². The van der Waals surface area contributed by atoms with Gasteiger partial charge in [0.05, 0.1) is 17.7 Å². The molecule has 0 heterocycles. The molecule has 1 aromatic carbocycles. The van der Waals surface area contributed by atoms with Crippen molar-refractivity contribution in [1.29, 1.82) is 0 Å². The summed E-state index contributed by atoms with van der Waals surface area (Å²) >= 11 is 6.08. The SMILES string of the molecule is C/C=C\C(=C/C)COC1CC(N)(Oc2ccccc2Cl)C1. The fraction of sp³-hybridized carbons (Fsp3) is 0.412. The largest absolute Gasteiger partial charge is 0.471 e. The van der Waals surface area contributed by atoms with Crippen molar-refractivity contribution in [1.82, 2.24) is 0 Å². The highest BCUT2D eigenvalue weighted by Crippen LogP contribution is 2.37. The molecule has 21 heavy (non-hydrogen) atoms. The van der Waals surface area contributed by atoms with E-state index in [9.17, 15) is 0 Å². The van der Waals surface area contributed by atoms with Crippen molar-refractivity contribution in [2.45, 2.75) is 38.5 Å². The van der Waals surface area contributed by atoms with Gasteiger partial charge in [-0.3, -0.25) is 5.73 Å². The van der Waals surface area contributed by atoms with E-state index in [1.54, 1.807) is 6.07 Å². The lowest BCUT2D eigenvalue weighted by Gasteiger charge is -2.44. The maximum atomic E-state index is 6.20. The van der Waals surface area contributed by atoms with Gasteiger partial charge in [-0.25, -0.2) is 0 Å². The molecular weight excluding hydrogens is 286 g/mol. The lowest BCUT2D eigenvalue weighted by atomic mass is 9.85. The summed E-state index contributed by atoms with van der Waals surface area (Å²) in [6.45, 7) is 4.61. The lowest BCUT2D eigenvalue weighted by Crippen LogP contribution is -2.59. The zero-order valence-electron chi connectivity index (χ0n) is 12.5. The molecule has 0 radical (unpaired) electrons. The van der Waals surface area contributed by atoms with E-state index >= 15 is 0 Å². The Hall–Kier alpha value is -1.29. The molecule has 1 aliphatic rings. The quantitative estimate of drug-likeness (QED) is 0.636. The normalized spacial score (nSPS) is 25.9. The lowest BCUT2D eigenvalue weighted by molar-refractivity contribution is -0.116. The Balaban J connectivity index is 1.81. The second-order valence-corrected chi connectivity index (χ2v) is 5.71. The summed E-state index contributed by atoms with van der Waals surface area (Å²) in [6, 6.07) is 7.37. The molecule has 2 rings (SSSR count). The molecular formula is C17H22ClNO2. The van der Waals surface area contributed by atoms with Crippen LogP contribution in [0, 0.1) is 0 Å². The monoisotopic (exact) mass is 307 g/mol. The Labute approximate surface area is 131 Å². The van der Waals surface area contributed by atoms with Crippen LogP contribution in [0.25, 0.3) is 0 Å². The summed E-state index contributed by atoms with van der Waals surface area (Å²) in [7, 11) is 0. The van der Waals surface area contributed by atoms with Crippen LogP contribution < -0.4 is 10.5 Å². The first kappa shape index (κ1) is 16.1. The molecule has 1 aliphatic carbocycles. The smallest absolute Gasteiger partial charge is 0.163 e. The van der Waals surface area contributed by atoms with E-state index in [1.165, 1.54) is 5.57 Å². The molecule has 0 spiro atoms. The molecule has 0 aliphatic heterocycles. The van der Waals surface area contributed by atoms with E-state index in [1.807, 2.05) is 38.1 Å². The summed E-state index contributed by atoms with van der Waals surface area (Å²) in [4.78, 5) is 0. The zero-order valence-corrected chi connectivity index (χ0v) is 13.3. The number of hydrogen-bond acceptors (Lipinski definition) is 3. The van der Waals surface area contributed by atoms with E-state index in [0.29, 0.717) is 30.2 Å². The van der Waals surface area contributed by atoms with Crippen LogP contribution in [0.4, 0.5) is 0 Å². The van der Waals surface area contributed by atoms with Crippen molar-refractivity contribution in [3.05, 3.63) is 53.1 Å². The van der Waals surface area contributed by atoms with Gasteiger partial charge in [0.15, 0.2) is 5.72 Å². The third-order valence-corrected chi connectivity index (χ3v) is 3.85. The molecule has 1 saturated carbocycles. The molecule has 1 fully saturated rings. The Kier molecular flexibility index (Phi) is 5.45. The first-order valence-corrected chi connectivity index (χ1v) is 7.56. The number of hydrogen-bond donors (Lipinski definition) is 1. The highest BCUT2D eigenvalue weighted by Gasteiger charge is 2.44. The number of benzene rings is 1. The van der Waals surface area contributed by atoms with Crippen LogP contribution in [-0.4, -0.2) is 18.4 Å². The highest BCUT2D eigenvalue weighted by molar-refractivity contribution is 6.32. The fourth-order valence-corrected chi connectivity index (χ4v) is 2.49. The van der Waals surface area contributed by atoms with Crippen molar-refractivity contribution < 1.29 is 9.47 Å². The van der Waals surface area contributed by atoms with Crippen molar-refractivity contribution in [2.24, 2.45) is 5.73 Å². The van der Waals surface area contributed by atoms with E-state index in [-0.39, 0.29) is 6.10 Å². The first-order valence-electron chi connectivity index (χ1n) is 7.18. The number of halogens is 1. The number of para-hydroxylation sites is 1. The molecule has 1 aromatic rings. The summed E-state index contributed by atoms with van der Waals surface area (Å²) in [5, 5.41) is 0.580. The summed E-state index contributed by atoms with van der Waals surface area (Å²) in [5.41, 5.74) is 6.69.